The molecule has 0 saturated heterocycles. The Morgan fingerprint density at radius 1 is 1.36 bits per heavy atom. The van der Waals surface area contributed by atoms with E-state index in [4.69, 9.17) is 10.7 Å². The van der Waals surface area contributed by atoms with E-state index in [9.17, 15) is 0 Å². The van der Waals surface area contributed by atoms with Gasteiger partial charge in [-0.25, -0.2) is 10.9 Å². The maximum absolute atomic E-state index is 5.20. The van der Waals surface area contributed by atoms with E-state index in [2.05, 4.69) is 4.98 Å². The van der Waals surface area contributed by atoms with Crippen molar-refractivity contribution in [1.29, 1.82) is 0 Å². The number of hydrogen-bond acceptors (Lipinski definition) is 4. The Morgan fingerprint density at radius 3 is 2.36 bits per heavy atom. The summed E-state index contributed by atoms with van der Waals surface area (Å²) in [6.45, 7) is 3.80. The number of nitrogens with zero attached hydrogens (tertiary/aromatic N) is 2. The Hall–Kier alpha value is -1.13. The van der Waals surface area contributed by atoms with Crippen LogP contribution in [0.3, 0.4) is 0 Å². The van der Waals surface area contributed by atoms with Crippen LogP contribution in [-0.4, -0.2) is 19.1 Å². The molecule has 1 heterocycles. The maximum atomic E-state index is 5.20. The van der Waals surface area contributed by atoms with Gasteiger partial charge in [0.05, 0.1) is 0 Å². The number of nitrogens with two attached hydrogens (primary N) is 1. The smallest absolute Gasteiger partial charge is 0.127 e. The van der Waals surface area contributed by atoms with Crippen LogP contribution in [-0.2, 0) is 10.4 Å². The average Bonchev–Trinajstić information content (AvgIpc) is 2.18. The third-order valence-electron chi connectivity index (χ3n) is 2.20. The zero-order valence-electron chi connectivity index (χ0n) is 9.11. The average molecular weight is 195 g/mol. The second-order valence-electron chi connectivity index (χ2n) is 3.93. The predicted molar refractivity (Wildman–Crippen MR) is 56.9 cm³/mol. The van der Waals surface area contributed by atoms with Crippen molar-refractivity contribution in [1.82, 2.24) is 4.98 Å². The fourth-order valence-corrected chi connectivity index (χ4v) is 1.07. The number of anilines is 1. The van der Waals surface area contributed by atoms with Gasteiger partial charge in [-0.1, -0.05) is 6.07 Å². The fraction of sp³-hybridized carbons (Fsp3) is 0.500. The summed E-state index contributed by atoms with van der Waals surface area (Å²) in [5, 5.41) is 0. The molecular formula is C10H17N3O. The van der Waals surface area contributed by atoms with Crippen molar-refractivity contribution in [3.63, 3.8) is 0 Å². The molecule has 0 unspecified atom stereocenters. The van der Waals surface area contributed by atoms with E-state index in [1.165, 1.54) is 0 Å². The van der Waals surface area contributed by atoms with Crippen LogP contribution in [0, 0.1) is 0 Å². The summed E-state index contributed by atoms with van der Waals surface area (Å²) in [6, 6.07) is 3.91. The third kappa shape index (κ3) is 2.21. The number of hydrogen-bond donors (Lipinski definition) is 1. The largest absolute Gasteiger partial charge is 0.363 e. The Balaban J connectivity index is 2.94. The van der Waals surface area contributed by atoms with Crippen molar-refractivity contribution in [3.05, 3.63) is 23.9 Å². The predicted octanol–water partition coefficient (Wildman–Crippen LogP) is 1.27. The van der Waals surface area contributed by atoms with Crippen molar-refractivity contribution in [3.8, 4) is 0 Å². The molecule has 1 rings (SSSR count). The lowest BCUT2D eigenvalue weighted by Gasteiger charge is -2.22. The summed E-state index contributed by atoms with van der Waals surface area (Å²) in [5.41, 5.74) is 0.475. The van der Waals surface area contributed by atoms with Crippen molar-refractivity contribution < 1.29 is 4.84 Å². The minimum atomic E-state index is -0.488. The van der Waals surface area contributed by atoms with Crippen LogP contribution in [0.15, 0.2) is 18.3 Å². The molecule has 4 nitrogen and oxygen atoms in total. The molecule has 0 bridgehead atoms. The molecule has 0 saturated carbocycles. The Bertz CT molecular complexity index is 293. The van der Waals surface area contributed by atoms with E-state index in [0.717, 1.165) is 11.4 Å². The van der Waals surface area contributed by atoms with Crippen LogP contribution in [0.2, 0.25) is 0 Å². The molecular weight excluding hydrogens is 178 g/mol. The lowest BCUT2D eigenvalue weighted by Crippen LogP contribution is -2.25. The lowest BCUT2D eigenvalue weighted by atomic mass is 10.0. The van der Waals surface area contributed by atoms with Crippen LogP contribution in [0.25, 0.3) is 0 Å². The molecule has 0 amide bonds. The van der Waals surface area contributed by atoms with Gasteiger partial charge in [-0.05, 0) is 19.9 Å². The highest BCUT2D eigenvalue weighted by atomic mass is 16.6. The second kappa shape index (κ2) is 3.94. The Kier molecular flexibility index (Phi) is 3.08. The number of rotatable bonds is 3. The summed E-state index contributed by atoms with van der Waals surface area (Å²) in [7, 11) is 3.90. The van der Waals surface area contributed by atoms with Crippen molar-refractivity contribution in [2.75, 3.05) is 19.0 Å². The number of aromatic nitrogens is 1. The highest BCUT2D eigenvalue weighted by Crippen LogP contribution is 2.22. The van der Waals surface area contributed by atoms with E-state index < -0.39 is 5.60 Å². The maximum Gasteiger partial charge on any atom is 0.127 e. The van der Waals surface area contributed by atoms with Crippen molar-refractivity contribution in [2.24, 2.45) is 5.90 Å². The number of pyridine rings is 1. The highest BCUT2D eigenvalue weighted by molar-refractivity contribution is 5.38. The van der Waals surface area contributed by atoms with E-state index >= 15 is 0 Å². The van der Waals surface area contributed by atoms with E-state index in [0.29, 0.717) is 0 Å². The summed E-state index contributed by atoms with van der Waals surface area (Å²) >= 11 is 0. The molecule has 0 atom stereocenters. The SMILES string of the molecule is CN(C)c1ccc(C(C)(C)ON)cn1. The molecule has 2 N–H and O–H groups in total. The quantitative estimate of drug-likeness (QED) is 0.738. The summed E-state index contributed by atoms with van der Waals surface area (Å²) in [4.78, 5) is 11.1. The van der Waals surface area contributed by atoms with E-state index in [1.54, 1.807) is 6.20 Å². The van der Waals surface area contributed by atoms with Gasteiger partial charge in [-0.3, -0.25) is 4.84 Å². The van der Waals surface area contributed by atoms with Gasteiger partial charge in [0.1, 0.15) is 11.4 Å². The van der Waals surface area contributed by atoms with Crippen LogP contribution >= 0.6 is 0 Å². The topological polar surface area (TPSA) is 51.4 Å². The van der Waals surface area contributed by atoms with E-state index in [-0.39, 0.29) is 0 Å². The zero-order chi connectivity index (χ0) is 10.8. The van der Waals surface area contributed by atoms with Crippen molar-refractivity contribution in [2.45, 2.75) is 19.4 Å². The molecule has 0 aliphatic carbocycles. The minimum absolute atomic E-state index is 0.488. The fourth-order valence-electron chi connectivity index (χ4n) is 1.07. The highest BCUT2D eigenvalue weighted by Gasteiger charge is 2.20. The van der Waals surface area contributed by atoms with Gasteiger partial charge in [-0.2, -0.15) is 0 Å². The molecule has 1 aromatic rings. The first-order valence-electron chi connectivity index (χ1n) is 4.49. The summed E-state index contributed by atoms with van der Waals surface area (Å²) in [6.07, 6.45) is 1.78. The van der Waals surface area contributed by atoms with Crippen molar-refractivity contribution >= 4 is 5.82 Å². The van der Waals surface area contributed by atoms with Gasteiger partial charge in [0.25, 0.3) is 0 Å². The molecule has 0 spiro atoms. The normalized spacial score (nSPS) is 11.5. The van der Waals surface area contributed by atoms with Crippen LogP contribution in [0.5, 0.6) is 0 Å². The molecule has 1 aromatic heterocycles. The van der Waals surface area contributed by atoms with Crippen LogP contribution in [0.1, 0.15) is 19.4 Å². The molecule has 0 aromatic carbocycles. The van der Waals surface area contributed by atoms with Gasteiger partial charge in [0.2, 0.25) is 0 Å². The van der Waals surface area contributed by atoms with Gasteiger partial charge < -0.3 is 4.90 Å². The summed E-state index contributed by atoms with van der Waals surface area (Å²) in [5.74, 6) is 6.12. The van der Waals surface area contributed by atoms with Gasteiger partial charge in [0, 0.05) is 25.9 Å². The second-order valence-corrected chi connectivity index (χ2v) is 3.93. The first kappa shape index (κ1) is 10.9. The molecule has 0 radical (unpaired) electrons. The standard InChI is InChI=1S/C10H17N3O/c1-10(2,14-11)8-5-6-9(12-7-8)13(3)4/h5-7H,11H2,1-4H3. The molecule has 4 heteroatoms. The lowest BCUT2D eigenvalue weighted by molar-refractivity contribution is -0.0238. The molecule has 0 aliphatic heterocycles. The molecule has 78 valence electrons. The molecule has 14 heavy (non-hydrogen) atoms. The first-order valence-corrected chi connectivity index (χ1v) is 4.49. The first-order chi connectivity index (χ1) is 6.47. The van der Waals surface area contributed by atoms with Gasteiger partial charge in [0.15, 0.2) is 0 Å². The van der Waals surface area contributed by atoms with Crippen LogP contribution in [0.4, 0.5) is 5.82 Å². The summed E-state index contributed by atoms with van der Waals surface area (Å²) < 4.78 is 0. The Labute approximate surface area is 84.6 Å². The molecule has 0 fully saturated rings. The minimum Gasteiger partial charge on any atom is -0.363 e. The van der Waals surface area contributed by atoms with Gasteiger partial charge in [-0.15, -0.1) is 0 Å². The third-order valence-corrected chi connectivity index (χ3v) is 2.20. The zero-order valence-corrected chi connectivity index (χ0v) is 9.11. The monoisotopic (exact) mass is 195 g/mol. The van der Waals surface area contributed by atoms with Crippen LogP contribution < -0.4 is 10.8 Å². The van der Waals surface area contributed by atoms with E-state index in [1.807, 2.05) is 45.0 Å². The van der Waals surface area contributed by atoms with Gasteiger partial charge >= 0.3 is 0 Å². The Morgan fingerprint density at radius 2 is 2.00 bits per heavy atom. The molecule has 0 aliphatic rings.